The molecule has 2 amide bonds. The predicted octanol–water partition coefficient (Wildman–Crippen LogP) is 1.63. The van der Waals surface area contributed by atoms with Gasteiger partial charge >= 0.3 is 18.2 Å². The van der Waals surface area contributed by atoms with Gasteiger partial charge in [-0.3, -0.25) is 0 Å². The number of hydrogen-bond donors (Lipinski definition) is 4. The standard InChI is InChI=1S/C16H30N2O7/c1-15(2,3)24-13(22)17-8-7-10(19)9-11(12(20)21)18-14(23)25-16(4,5)6/h10-11,19H,7-9H2,1-6H3,(H,17,22)(H,18,23)(H,20,21)/t10-,11+/m1/s1. The van der Waals surface area contributed by atoms with Crippen molar-refractivity contribution in [1.82, 2.24) is 10.6 Å². The van der Waals surface area contributed by atoms with Gasteiger partial charge in [0.25, 0.3) is 0 Å². The zero-order valence-electron chi connectivity index (χ0n) is 15.7. The molecule has 0 rings (SSSR count). The van der Waals surface area contributed by atoms with Crippen LogP contribution in [0.25, 0.3) is 0 Å². The molecule has 0 fully saturated rings. The monoisotopic (exact) mass is 362 g/mol. The Kier molecular flexibility index (Phi) is 8.68. The zero-order valence-corrected chi connectivity index (χ0v) is 15.7. The molecule has 0 unspecified atom stereocenters. The van der Waals surface area contributed by atoms with E-state index in [1.807, 2.05) is 0 Å². The Hall–Kier alpha value is -2.03. The quantitative estimate of drug-likeness (QED) is 0.541. The first-order valence-electron chi connectivity index (χ1n) is 8.07. The maximum Gasteiger partial charge on any atom is 0.408 e. The van der Waals surface area contributed by atoms with Gasteiger partial charge in [0.05, 0.1) is 6.10 Å². The van der Waals surface area contributed by atoms with Crippen molar-refractivity contribution in [3.63, 3.8) is 0 Å². The summed E-state index contributed by atoms with van der Waals surface area (Å²) in [5.41, 5.74) is -1.39. The van der Waals surface area contributed by atoms with Crippen molar-refractivity contribution in [3.8, 4) is 0 Å². The van der Waals surface area contributed by atoms with Crippen LogP contribution >= 0.6 is 0 Å². The van der Waals surface area contributed by atoms with Crippen LogP contribution in [0.1, 0.15) is 54.4 Å². The predicted molar refractivity (Wildman–Crippen MR) is 90.3 cm³/mol. The SMILES string of the molecule is CC(C)(C)OC(=O)NCC[C@@H](O)C[C@H](NC(=O)OC(C)(C)C)C(=O)O. The summed E-state index contributed by atoms with van der Waals surface area (Å²) in [6.45, 7) is 10.2. The van der Waals surface area contributed by atoms with Crippen LogP contribution in [-0.2, 0) is 14.3 Å². The van der Waals surface area contributed by atoms with E-state index in [9.17, 15) is 19.5 Å². The molecule has 0 saturated carbocycles. The van der Waals surface area contributed by atoms with E-state index in [2.05, 4.69) is 10.6 Å². The van der Waals surface area contributed by atoms with Gasteiger partial charge in [0.2, 0.25) is 0 Å². The topological polar surface area (TPSA) is 134 Å². The highest BCUT2D eigenvalue weighted by Crippen LogP contribution is 2.09. The Morgan fingerprint density at radius 2 is 1.44 bits per heavy atom. The summed E-state index contributed by atoms with van der Waals surface area (Å²) >= 11 is 0. The zero-order chi connectivity index (χ0) is 19.8. The van der Waals surface area contributed by atoms with Crippen LogP contribution in [-0.4, -0.2) is 58.3 Å². The van der Waals surface area contributed by atoms with Crippen molar-refractivity contribution in [1.29, 1.82) is 0 Å². The van der Waals surface area contributed by atoms with Crippen molar-refractivity contribution in [2.75, 3.05) is 6.54 Å². The number of rotatable bonds is 7. The van der Waals surface area contributed by atoms with Gasteiger partial charge in [0.1, 0.15) is 17.2 Å². The van der Waals surface area contributed by atoms with Crippen molar-refractivity contribution in [2.24, 2.45) is 0 Å². The normalized spacial score (nSPS) is 14.2. The second-order valence-electron chi connectivity index (χ2n) is 7.64. The molecule has 0 aromatic heterocycles. The molecule has 0 saturated heterocycles. The number of nitrogens with one attached hydrogen (secondary N) is 2. The Bertz CT molecular complexity index is 466. The number of ether oxygens (including phenoxy) is 2. The van der Waals surface area contributed by atoms with Gasteiger partial charge in [-0.25, -0.2) is 14.4 Å². The molecule has 25 heavy (non-hydrogen) atoms. The third kappa shape index (κ3) is 13.0. The van der Waals surface area contributed by atoms with Gasteiger partial charge in [-0.2, -0.15) is 0 Å². The molecule has 0 aliphatic heterocycles. The summed E-state index contributed by atoms with van der Waals surface area (Å²) in [6.07, 6.45) is -2.64. The first-order chi connectivity index (χ1) is 11.2. The van der Waals surface area contributed by atoms with E-state index in [0.29, 0.717) is 0 Å². The Morgan fingerprint density at radius 1 is 0.960 bits per heavy atom. The van der Waals surface area contributed by atoms with E-state index < -0.39 is 41.5 Å². The highest BCUT2D eigenvalue weighted by molar-refractivity contribution is 5.80. The summed E-state index contributed by atoms with van der Waals surface area (Å²) in [5, 5.41) is 23.7. The summed E-state index contributed by atoms with van der Waals surface area (Å²) in [7, 11) is 0. The maximum absolute atomic E-state index is 11.6. The van der Waals surface area contributed by atoms with Crippen molar-refractivity contribution in [2.45, 2.75) is 77.7 Å². The third-order valence-corrected chi connectivity index (χ3v) is 2.64. The number of aliphatic hydroxyl groups excluding tert-OH is 1. The minimum absolute atomic E-state index is 0.106. The summed E-state index contributed by atoms with van der Waals surface area (Å²) in [6, 6.07) is -1.30. The molecule has 4 N–H and O–H groups in total. The smallest absolute Gasteiger partial charge is 0.408 e. The number of amides is 2. The summed E-state index contributed by atoms with van der Waals surface area (Å²) < 4.78 is 10.0. The van der Waals surface area contributed by atoms with Crippen LogP contribution in [0.5, 0.6) is 0 Å². The van der Waals surface area contributed by atoms with Crippen LogP contribution in [0.4, 0.5) is 9.59 Å². The van der Waals surface area contributed by atoms with Gasteiger partial charge < -0.3 is 30.3 Å². The van der Waals surface area contributed by atoms with Crippen molar-refractivity contribution >= 4 is 18.2 Å². The molecule has 0 heterocycles. The Balaban J connectivity index is 4.33. The molecule has 0 aliphatic carbocycles. The highest BCUT2D eigenvalue weighted by Gasteiger charge is 2.26. The number of carboxylic acids is 1. The summed E-state index contributed by atoms with van der Waals surface area (Å²) in [5.74, 6) is -1.29. The lowest BCUT2D eigenvalue weighted by Gasteiger charge is -2.23. The first kappa shape index (κ1) is 23.0. The van der Waals surface area contributed by atoms with Gasteiger partial charge in [-0.1, -0.05) is 0 Å². The van der Waals surface area contributed by atoms with Gasteiger partial charge in [0, 0.05) is 13.0 Å². The number of carboxylic acid groups (broad SMARTS) is 1. The van der Waals surface area contributed by atoms with E-state index in [-0.39, 0.29) is 19.4 Å². The molecule has 2 atom stereocenters. The molecular formula is C16H30N2O7. The number of aliphatic carboxylic acids is 1. The number of hydrogen-bond acceptors (Lipinski definition) is 6. The lowest BCUT2D eigenvalue weighted by Crippen LogP contribution is -2.45. The van der Waals surface area contributed by atoms with Gasteiger partial charge in [0.15, 0.2) is 0 Å². The average Bonchev–Trinajstić information content (AvgIpc) is 2.32. The van der Waals surface area contributed by atoms with Crippen LogP contribution < -0.4 is 10.6 Å². The molecule has 0 aromatic rings. The van der Waals surface area contributed by atoms with Crippen LogP contribution in [0.2, 0.25) is 0 Å². The van der Waals surface area contributed by atoms with E-state index in [1.165, 1.54) is 0 Å². The first-order valence-corrected chi connectivity index (χ1v) is 8.07. The van der Waals surface area contributed by atoms with Crippen molar-refractivity contribution in [3.05, 3.63) is 0 Å². The molecule has 9 heteroatoms. The lowest BCUT2D eigenvalue weighted by molar-refractivity contribution is -0.140. The highest BCUT2D eigenvalue weighted by atomic mass is 16.6. The fourth-order valence-corrected chi connectivity index (χ4v) is 1.72. The van der Waals surface area contributed by atoms with Crippen LogP contribution in [0.15, 0.2) is 0 Å². The Morgan fingerprint density at radius 3 is 1.88 bits per heavy atom. The van der Waals surface area contributed by atoms with E-state index in [1.54, 1.807) is 41.5 Å². The van der Waals surface area contributed by atoms with Crippen LogP contribution in [0.3, 0.4) is 0 Å². The maximum atomic E-state index is 11.6. The average molecular weight is 362 g/mol. The molecule has 9 nitrogen and oxygen atoms in total. The summed E-state index contributed by atoms with van der Waals surface area (Å²) in [4.78, 5) is 34.3. The van der Waals surface area contributed by atoms with Gasteiger partial charge in [-0.05, 0) is 48.0 Å². The molecule has 146 valence electrons. The Labute approximate surface area is 148 Å². The van der Waals surface area contributed by atoms with E-state index in [4.69, 9.17) is 14.6 Å². The van der Waals surface area contributed by atoms with E-state index >= 15 is 0 Å². The second kappa shape index (κ2) is 9.45. The van der Waals surface area contributed by atoms with Gasteiger partial charge in [-0.15, -0.1) is 0 Å². The fraction of sp³-hybridized carbons (Fsp3) is 0.812. The molecule has 0 bridgehead atoms. The number of aliphatic hydroxyl groups is 1. The minimum atomic E-state index is -1.30. The molecule has 0 aliphatic rings. The number of alkyl carbamates (subject to hydrolysis) is 2. The molecule has 0 spiro atoms. The molecule has 0 radical (unpaired) electrons. The third-order valence-electron chi connectivity index (χ3n) is 2.64. The second-order valence-corrected chi connectivity index (χ2v) is 7.64. The largest absolute Gasteiger partial charge is 0.480 e. The fourth-order valence-electron chi connectivity index (χ4n) is 1.72. The van der Waals surface area contributed by atoms with E-state index in [0.717, 1.165) is 0 Å². The lowest BCUT2D eigenvalue weighted by atomic mass is 10.1. The van der Waals surface area contributed by atoms with Crippen LogP contribution in [0, 0.1) is 0 Å². The minimum Gasteiger partial charge on any atom is -0.480 e. The van der Waals surface area contributed by atoms with Crippen molar-refractivity contribution < 1.29 is 34.1 Å². The molecule has 0 aromatic carbocycles. The molecular weight excluding hydrogens is 332 g/mol. The number of carbonyl (C=O) groups excluding carboxylic acids is 2. The number of carbonyl (C=O) groups is 3.